The van der Waals surface area contributed by atoms with Gasteiger partial charge in [-0.3, -0.25) is 4.99 Å². The smallest absolute Gasteiger partial charge is 0.108 e. The summed E-state index contributed by atoms with van der Waals surface area (Å²) >= 11 is 14.6. The monoisotopic (exact) mass is 390 g/mol. The van der Waals surface area contributed by atoms with E-state index in [1.807, 2.05) is 42.1 Å². The maximum atomic E-state index is 6.43. The van der Waals surface area contributed by atoms with Gasteiger partial charge in [-0.25, -0.2) is 0 Å². The van der Waals surface area contributed by atoms with E-state index in [2.05, 4.69) is 17.4 Å². The van der Waals surface area contributed by atoms with Crippen LogP contribution in [0.15, 0.2) is 47.5 Å². The molecule has 1 N–H and O–H groups in total. The van der Waals surface area contributed by atoms with Crippen LogP contribution in [0.3, 0.4) is 0 Å². The molecular formula is C20H20Cl2N2S. The molecule has 0 atom stereocenters. The van der Waals surface area contributed by atoms with E-state index in [1.54, 1.807) is 0 Å². The summed E-state index contributed by atoms with van der Waals surface area (Å²) in [7, 11) is 0. The van der Waals surface area contributed by atoms with E-state index in [0.717, 1.165) is 46.4 Å². The van der Waals surface area contributed by atoms with Gasteiger partial charge >= 0.3 is 0 Å². The fourth-order valence-corrected chi connectivity index (χ4v) is 5.47. The molecule has 0 aromatic heterocycles. The highest BCUT2D eigenvalue weighted by atomic mass is 35.5. The summed E-state index contributed by atoms with van der Waals surface area (Å²) in [4.78, 5) is 4.99. The van der Waals surface area contributed by atoms with Crippen LogP contribution in [-0.4, -0.2) is 17.3 Å². The molecule has 4 rings (SSSR count). The first-order valence-electron chi connectivity index (χ1n) is 8.58. The number of anilines is 1. The highest BCUT2D eigenvalue weighted by Crippen LogP contribution is 2.45. The Kier molecular flexibility index (Phi) is 4.99. The van der Waals surface area contributed by atoms with Crippen molar-refractivity contribution < 1.29 is 0 Å². The Labute approximate surface area is 163 Å². The molecule has 2 aromatic rings. The van der Waals surface area contributed by atoms with Gasteiger partial charge in [-0.05, 0) is 60.1 Å². The molecule has 0 bridgehead atoms. The first kappa shape index (κ1) is 17.3. The zero-order chi connectivity index (χ0) is 17.3. The van der Waals surface area contributed by atoms with Crippen molar-refractivity contribution in [3.63, 3.8) is 0 Å². The molecule has 1 saturated heterocycles. The molecule has 2 aromatic carbocycles. The standard InChI is InChI=1S/C20H20Cl2N2S/c21-16-5-1-3-14(11-16)13-23-19-20(7-9-25-10-8-20)12-15-4-2-6-17(22)18(15)24-19/h1-6,11H,7-10,12-13H2,(H,23,24). The average molecular weight is 391 g/mol. The predicted octanol–water partition coefficient (Wildman–Crippen LogP) is 6.07. The van der Waals surface area contributed by atoms with Crippen LogP contribution in [0.1, 0.15) is 24.0 Å². The minimum absolute atomic E-state index is 0.113. The number of hydrogen-bond acceptors (Lipinski definition) is 2. The lowest BCUT2D eigenvalue weighted by atomic mass is 9.73. The van der Waals surface area contributed by atoms with Gasteiger partial charge in [0.1, 0.15) is 5.84 Å². The largest absolute Gasteiger partial charge is 0.342 e. The molecule has 0 amide bonds. The van der Waals surface area contributed by atoms with Crippen LogP contribution < -0.4 is 5.32 Å². The van der Waals surface area contributed by atoms with Gasteiger partial charge in [-0.15, -0.1) is 0 Å². The number of nitrogens with zero attached hydrogens (tertiary/aromatic N) is 1. The van der Waals surface area contributed by atoms with Gasteiger partial charge in [-0.1, -0.05) is 47.5 Å². The highest BCUT2D eigenvalue weighted by Gasteiger charge is 2.41. The van der Waals surface area contributed by atoms with E-state index >= 15 is 0 Å². The Balaban J connectivity index is 1.69. The summed E-state index contributed by atoms with van der Waals surface area (Å²) in [6.45, 7) is 0.636. The SMILES string of the molecule is Clc1cccc(CN=C2Nc3c(Cl)cccc3CC23CCSCC3)c1. The van der Waals surface area contributed by atoms with Crippen LogP contribution in [-0.2, 0) is 13.0 Å². The fraction of sp³-hybridized carbons (Fsp3) is 0.350. The van der Waals surface area contributed by atoms with Crippen molar-refractivity contribution in [2.24, 2.45) is 10.4 Å². The third kappa shape index (κ3) is 3.55. The molecule has 2 nitrogen and oxygen atoms in total. The number of aliphatic imine (C=N–C) groups is 1. The van der Waals surface area contributed by atoms with Crippen molar-refractivity contribution in [2.75, 3.05) is 16.8 Å². The normalized spacial score (nSPS) is 20.3. The number of amidine groups is 1. The number of para-hydroxylation sites is 1. The minimum atomic E-state index is 0.113. The Morgan fingerprint density at radius 3 is 2.68 bits per heavy atom. The van der Waals surface area contributed by atoms with Crippen molar-refractivity contribution in [1.82, 2.24) is 0 Å². The number of rotatable bonds is 2. The molecule has 0 radical (unpaired) electrons. The quantitative estimate of drug-likeness (QED) is 0.672. The molecule has 25 heavy (non-hydrogen) atoms. The minimum Gasteiger partial charge on any atom is -0.342 e. The fourth-order valence-electron chi connectivity index (χ4n) is 3.74. The Hall–Kier alpha value is -1.16. The van der Waals surface area contributed by atoms with E-state index in [9.17, 15) is 0 Å². The van der Waals surface area contributed by atoms with Gasteiger partial charge in [0.15, 0.2) is 0 Å². The van der Waals surface area contributed by atoms with Crippen LogP contribution in [0.5, 0.6) is 0 Å². The second-order valence-corrected chi connectivity index (χ2v) is 8.83. The van der Waals surface area contributed by atoms with Crippen molar-refractivity contribution in [1.29, 1.82) is 0 Å². The second kappa shape index (κ2) is 7.22. The molecule has 2 aliphatic heterocycles. The molecule has 0 unspecified atom stereocenters. The zero-order valence-electron chi connectivity index (χ0n) is 13.9. The number of thioether (sulfide) groups is 1. The summed E-state index contributed by atoms with van der Waals surface area (Å²) in [6, 6.07) is 14.1. The molecule has 5 heteroatoms. The summed E-state index contributed by atoms with van der Waals surface area (Å²) in [5.41, 5.74) is 3.58. The van der Waals surface area contributed by atoms with Gasteiger partial charge in [0.2, 0.25) is 0 Å². The van der Waals surface area contributed by atoms with Crippen LogP contribution in [0.25, 0.3) is 0 Å². The zero-order valence-corrected chi connectivity index (χ0v) is 16.2. The summed E-state index contributed by atoms with van der Waals surface area (Å²) in [5.74, 6) is 3.47. The van der Waals surface area contributed by atoms with Crippen LogP contribution >= 0.6 is 35.0 Å². The van der Waals surface area contributed by atoms with E-state index in [4.69, 9.17) is 28.2 Å². The maximum Gasteiger partial charge on any atom is 0.108 e. The summed E-state index contributed by atoms with van der Waals surface area (Å²) in [5, 5.41) is 5.11. The topological polar surface area (TPSA) is 24.4 Å². The molecule has 2 heterocycles. The number of fused-ring (bicyclic) bond motifs is 1. The van der Waals surface area contributed by atoms with Crippen molar-refractivity contribution in [3.05, 3.63) is 63.6 Å². The molecule has 0 aliphatic carbocycles. The third-order valence-electron chi connectivity index (χ3n) is 5.13. The number of hydrogen-bond donors (Lipinski definition) is 1. The first-order valence-corrected chi connectivity index (χ1v) is 10.5. The Morgan fingerprint density at radius 2 is 1.88 bits per heavy atom. The summed E-state index contributed by atoms with van der Waals surface area (Å²) in [6.07, 6.45) is 3.33. The molecule has 1 fully saturated rings. The van der Waals surface area contributed by atoms with Gasteiger partial charge in [0, 0.05) is 10.4 Å². The third-order valence-corrected chi connectivity index (χ3v) is 6.67. The van der Waals surface area contributed by atoms with Gasteiger partial charge in [0.25, 0.3) is 0 Å². The van der Waals surface area contributed by atoms with Crippen LogP contribution in [0.4, 0.5) is 5.69 Å². The van der Waals surface area contributed by atoms with E-state index in [-0.39, 0.29) is 5.41 Å². The lowest BCUT2D eigenvalue weighted by Gasteiger charge is -2.42. The molecule has 130 valence electrons. The highest BCUT2D eigenvalue weighted by molar-refractivity contribution is 7.99. The van der Waals surface area contributed by atoms with Crippen LogP contribution in [0.2, 0.25) is 10.0 Å². The predicted molar refractivity (Wildman–Crippen MR) is 110 cm³/mol. The van der Waals surface area contributed by atoms with E-state index in [0.29, 0.717) is 6.54 Å². The van der Waals surface area contributed by atoms with Gasteiger partial charge in [0.05, 0.1) is 17.3 Å². The second-order valence-electron chi connectivity index (χ2n) is 6.76. The van der Waals surface area contributed by atoms with Crippen molar-refractivity contribution in [3.8, 4) is 0 Å². The van der Waals surface area contributed by atoms with Gasteiger partial charge < -0.3 is 5.32 Å². The lowest BCUT2D eigenvalue weighted by Crippen LogP contribution is -2.44. The number of benzene rings is 2. The van der Waals surface area contributed by atoms with E-state index in [1.165, 1.54) is 17.1 Å². The maximum absolute atomic E-state index is 6.43. The van der Waals surface area contributed by atoms with Crippen LogP contribution in [0, 0.1) is 5.41 Å². The van der Waals surface area contributed by atoms with Gasteiger partial charge in [-0.2, -0.15) is 11.8 Å². The molecule has 0 saturated carbocycles. The lowest BCUT2D eigenvalue weighted by molar-refractivity contribution is 0.377. The first-order chi connectivity index (χ1) is 12.2. The molecular weight excluding hydrogens is 371 g/mol. The van der Waals surface area contributed by atoms with Crippen molar-refractivity contribution >= 4 is 46.5 Å². The Morgan fingerprint density at radius 1 is 1.08 bits per heavy atom. The Bertz CT molecular complexity index is 813. The summed E-state index contributed by atoms with van der Waals surface area (Å²) < 4.78 is 0. The average Bonchev–Trinajstić information content (AvgIpc) is 2.61. The number of nitrogens with one attached hydrogen (secondary N) is 1. The van der Waals surface area contributed by atoms with E-state index < -0.39 is 0 Å². The van der Waals surface area contributed by atoms with Crippen molar-refractivity contribution in [2.45, 2.75) is 25.8 Å². The molecule has 2 aliphatic rings. The number of halogens is 2. The molecule has 1 spiro atoms.